The molecule has 0 unspecified atom stereocenters. The third-order valence-corrected chi connectivity index (χ3v) is 4.27. The lowest BCUT2D eigenvalue weighted by molar-refractivity contribution is 0.745. The fourth-order valence-electron chi connectivity index (χ4n) is 2.94. The number of hydrogen-bond acceptors (Lipinski definition) is 3. The molecule has 0 aliphatic carbocycles. The van der Waals surface area contributed by atoms with Crippen LogP contribution in [0.2, 0.25) is 0 Å². The first-order valence-electron chi connectivity index (χ1n) is 8.17. The molecule has 4 rings (SSSR count). The van der Waals surface area contributed by atoms with Crippen molar-refractivity contribution in [3.05, 3.63) is 88.1 Å². The van der Waals surface area contributed by atoms with Gasteiger partial charge in [-0.15, -0.1) is 0 Å². The van der Waals surface area contributed by atoms with Gasteiger partial charge in [0, 0.05) is 0 Å². The summed E-state index contributed by atoms with van der Waals surface area (Å²) in [5.41, 5.74) is 4.82. The highest BCUT2D eigenvalue weighted by atomic mass is 16.1. The Kier molecular flexibility index (Phi) is 3.69. The summed E-state index contributed by atoms with van der Waals surface area (Å²) in [4.78, 5) is 17.3. The van der Waals surface area contributed by atoms with E-state index in [0.717, 1.165) is 11.3 Å². The quantitative estimate of drug-likeness (QED) is 0.579. The molecule has 2 heterocycles. The van der Waals surface area contributed by atoms with Gasteiger partial charge in [-0.2, -0.15) is 5.10 Å². The average Bonchev–Trinajstić information content (AvgIpc) is 3.03. The van der Waals surface area contributed by atoms with Crippen molar-refractivity contribution < 1.29 is 0 Å². The van der Waals surface area contributed by atoms with Crippen molar-refractivity contribution in [1.29, 1.82) is 0 Å². The lowest BCUT2D eigenvalue weighted by atomic mass is 10.1. The summed E-state index contributed by atoms with van der Waals surface area (Å²) in [6.07, 6.45) is 3.19. The van der Waals surface area contributed by atoms with Gasteiger partial charge in [0.25, 0.3) is 5.56 Å². The molecule has 5 heteroatoms. The fraction of sp³-hybridized carbons (Fsp3) is 0.150. The maximum atomic E-state index is 12.8. The fourth-order valence-corrected chi connectivity index (χ4v) is 2.94. The van der Waals surface area contributed by atoms with E-state index in [0.29, 0.717) is 17.6 Å². The zero-order valence-electron chi connectivity index (χ0n) is 14.2. The topological polar surface area (TPSA) is 52.7 Å². The number of benzene rings is 2. The average molecular weight is 330 g/mol. The number of rotatable bonds is 3. The zero-order chi connectivity index (χ0) is 17.4. The molecule has 0 radical (unpaired) electrons. The summed E-state index contributed by atoms with van der Waals surface area (Å²) in [5.74, 6) is 0. The van der Waals surface area contributed by atoms with E-state index >= 15 is 0 Å². The van der Waals surface area contributed by atoms with Crippen molar-refractivity contribution in [2.75, 3.05) is 0 Å². The summed E-state index contributed by atoms with van der Waals surface area (Å²) in [6, 6.07) is 16.1. The van der Waals surface area contributed by atoms with Crippen molar-refractivity contribution in [2.45, 2.75) is 20.4 Å². The maximum absolute atomic E-state index is 12.8. The second-order valence-corrected chi connectivity index (χ2v) is 6.30. The van der Waals surface area contributed by atoms with Crippen molar-refractivity contribution >= 4 is 11.0 Å². The summed E-state index contributed by atoms with van der Waals surface area (Å²) in [6.45, 7) is 4.58. The molecule has 0 atom stereocenters. The Morgan fingerprint density at radius 3 is 2.56 bits per heavy atom. The molecule has 0 N–H and O–H groups in total. The zero-order valence-corrected chi connectivity index (χ0v) is 14.2. The molecule has 124 valence electrons. The molecular weight excluding hydrogens is 312 g/mol. The molecular formula is C20H18N4O. The number of aryl methyl sites for hydroxylation is 2. The Bertz CT molecular complexity index is 1110. The Morgan fingerprint density at radius 1 is 1.00 bits per heavy atom. The molecule has 0 amide bonds. The normalized spacial score (nSPS) is 11.1. The molecule has 5 nitrogen and oxygen atoms in total. The van der Waals surface area contributed by atoms with Gasteiger partial charge in [-0.3, -0.25) is 9.36 Å². The Hall–Kier alpha value is -3.21. The smallest absolute Gasteiger partial charge is 0.264 e. The maximum Gasteiger partial charge on any atom is 0.264 e. The van der Waals surface area contributed by atoms with Crippen molar-refractivity contribution in [3.8, 4) is 5.69 Å². The monoisotopic (exact) mass is 330 g/mol. The Labute approximate surface area is 145 Å². The largest absolute Gasteiger partial charge is 0.294 e. The highest BCUT2D eigenvalue weighted by molar-refractivity contribution is 5.74. The third kappa shape index (κ3) is 2.85. The molecule has 0 spiro atoms. The number of hydrogen-bond donors (Lipinski definition) is 0. The second kappa shape index (κ2) is 6.02. The van der Waals surface area contributed by atoms with Gasteiger partial charge in [-0.1, -0.05) is 47.5 Å². The lowest BCUT2D eigenvalue weighted by Gasteiger charge is -2.07. The van der Waals surface area contributed by atoms with Crippen LogP contribution >= 0.6 is 0 Å². The van der Waals surface area contributed by atoms with Crippen LogP contribution < -0.4 is 5.56 Å². The van der Waals surface area contributed by atoms with Crippen molar-refractivity contribution in [2.24, 2.45) is 0 Å². The summed E-state index contributed by atoms with van der Waals surface area (Å²) >= 11 is 0. The van der Waals surface area contributed by atoms with Crippen LogP contribution in [0.4, 0.5) is 0 Å². The van der Waals surface area contributed by atoms with E-state index in [2.05, 4.69) is 16.1 Å². The van der Waals surface area contributed by atoms with Crippen LogP contribution in [0.5, 0.6) is 0 Å². The number of fused-ring (bicyclic) bond motifs is 1. The Balaban J connectivity index is 1.77. The van der Waals surface area contributed by atoms with Crippen LogP contribution in [0.25, 0.3) is 16.7 Å². The van der Waals surface area contributed by atoms with E-state index in [1.165, 1.54) is 11.1 Å². The van der Waals surface area contributed by atoms with E-state index in [1.807, 2.05) is 56.3 Å². The van der Waals surface area contributed by atoms with Crippen LogP contribution in [0.3, 0.4) is 0 Å². The predicted octanol–water partition coefficient (Wildman–Crippen LogP) is 3.25. The van der Waals surface area contributed by atoms with Crippen LogP contribution in [-0.2, 0) is 6.54 Å². The summed E-state index contributed by atoms with van der Waals surface area (Å²) in [7, 11) is 0. The van der Waals surface area contributed by atoms with Crippen LogP contribution in [0.15, 0.2) is 65.8 Å². The first-order valence-corrected chi connectivity index (χ1v) is 8.17. The summed E-state index contributed by atoms with van der Waals surface area (Å²) in [5, 5.41) is 4.88. The Morgan fingerprint density at radius 2 is 1.80 bits per heavy atom. The van der Waals surface area contributed by atoms with E-state index < -0.39 is 0 Å². The van der Waals surface area contributed by atoms with Gasteiger partial charge in [0.15, 0.2) is 5.65 Å². The molecule has 0 saturated heterocycles. The van der Waals surface area contributed by atoms with Gasteiger partial charge < -0.3 is 0 Å². The molecule has 0 bridgehead atoms. The molecule has 0 aliphatic heterocycles. The molecule has 0 fully saturated rings. The summed E-state index contributed by atoms with van der Waals surface area (Å²) < 4.78 is 3.32. The van der Waals surface area contributed by atoms with Crippen molar-refractivity contribution in [1.82, 2.24) is 19.3 Å². The van der Waals surface area contributed by atoms with E-state index in [-0.39, 0.29) is 5.56 Å². The first-order chi connectivity index (χ1) is 12.1. The van der Waals surface area contributed by atoms with E-state index in [9.17, 15) is 4.79 Å². The van der Waals surface area contributed by atoms with Crippen molar-refractivity contribution in [3.63, 3.8) is 0 Å². The number of aromatic nitrogens is 4. The molecule has 0 saturated carbocycles. The van der Waals surface area contributed by atoms with Crippen LogP contribution in [-0.4, -0.2) is 19.3 Å². The highest BCUT2D eigenvalue weighted by Gasteiger charge is 2.11. The standard InChI is InChI=1S/C20H18N4O/c1-14-6-8-17(9-7-14)24-19-18(11-22-24)20(25)23(13-21-19)12-16-5-3-4-15(2)10-16/h3-11,13H,12H2,1-2H3. The van der Waals surface area contributed by atoms with E-state index in [1.54, 1.807) is 21.8 Å². The SMILES string of the molecule is Cc1ccc(-n2ncc3c(=O)n(Cc4cccc(C)c4)cnc32)cc1. The molecule has 0 aliphatic rings. The van der Waals surface area contributed by atoms with Gasteiger partial charge in [0.05, 0.1) is 18.4 Å². The molecule has 4 aromatic rings. The third-order valence-electron chi connectivity index (χ3n) is 4.27. The highest BCUT2D eigenvalue weighted by Crippen LogP contribution is 2.14. The number of nitrogens with zero attached hydrogens (tertiary/aromatic N) is 4. The van der Waals surface area contributed by atoms with Gasteiger partial charge in [-0.25, -0.2) is 9.67 Å². The second-order valence-electron chi connectivity index (χ2n) is 6.30. The molecule has 25 heavy (non-hydrogen) atoms. The van der Waals surface area contributed by atoms with Gasteiger partial charge in [-0.05, 0) is 31.5 Å². The van der Waals surface area contributed by atoms with Crippen LogP contribution in [0, 0.1) is 13.8 Å². The minimum atomic E-state index is -0.0788. The first kappa shape index (κ1) is 15.3. The van der Waals surface area contributed by atoms with Gasteiger partial charge >= 0.3 is 0 Å². The van der Waals surface area contributed by atoms with Gasteiger partial charge in [0.1, 0.15) is 11.7 Å². The minimum Gasteiger partial charge on any atom is -0.294 e. The van der Waals surface area contributed by atoms with Gasteiger partial charge in [0.2, 0.25) is 0 Å². The minimum absolute atomic E-state index is 0.0788. The predicted molar refractivity (Wildman–Crippen MR) is 98.1 cm³/mol. The molecule has 2 aromatic carbocycles. The lowest BCUT2D eigenvalue weighted by Crippen LogP contribution is -2.21. The molecule has 2 aromatic heterocycles. The van der Waals surface area contributed by atoms with E-state index in [4.69, 9.17) is 0 Å². The van der Waals surface area contributed by atoms with Crippen LogP contribution in [0.1, 0.15) is 16.7 Å².